The Labute approximate surface area is 149 Å². The molecule has 126 valence electrons. The van der Waals surface area contributed by atoms with Crippen molar-refractivity contribution in [3.63, 3.8) is 0 Å². The molecule has 3 rings (SSSR count). The maximum absolute atomic E-state index is 12.1. The summed E-state index contributed by atoms with van der Waals surface area (Å²) in [6.45, 7) is 1.43. The number of nitrogens with zero attached hydrogens (tertiary/aromatic N) is 3. The summed E-state index contributed by atoms with van der Waals surface area (Å²) in [5, 5.41) is 6.09. The van der Waals surface area contributed by atoms with Crippen LogP contribution in [0.5, 0.6) is 0 Å². The quantitative estimate of drug-likeness (QED) is 0.412. The highest BCUT2D eigenvalue weighted by Gasteiger charge is 2.12. The number of carbonyl (C=O) groups is 1. The van der Waals surface area contributed by atoms with Crippen molar-refractivity contribution >= 4 is 34.8 Å². The summed E-state index contributed by atoms with van der Waals surface area (Å²) in [6.07, 6.45) is 5.20. The van der Waals surface area contributed by atoms with E-state index in [-0.39, 0.29) is 11.3 Å². The van der Waals surface area contributed by atoms with Gasteiger partial charge in [-0.2, -0.15) is 5.10 Å². The molecule has 0 N–H and O–H groups in total. The summed E-state index contributed by atoms with van der Waals surface area (Å²) < 4.78 is 1.58. The first kappa shape index (κ1) is 17.0. The molecule has 3 aromatic rings. The third-order valence-electron chi connectivity index (χ3n) is 3.70. The fourth-order valence-corrected chi connectivity index (χ4v) is 2.86. The summed E-state index contributed by atoms with van der Waals surface area (Å²) in [5.74, 6) is -0.259. The van der Waals surface area contributed by atoms with Crippen LogP contribution in [0.3, 0.4) is 0 Å². The third-order valence-corrected chi connectivity index (χ3v) is 4.44. The molecule has 0 bridgehead atoms. The molecule has 25 heavy (non-hydrogen) atoms. The Balaban J connectivity index is 2.02. The molecule has 6 heteroatoms. The summed E-state index contributed by atoms with van der Waals surface area (Å²) in [5.41, 5.74) is 1.42. The van der Waals surface area contributed by atoms with Crippen LogP contribution in [0.1, 0.15) is 12.5 Å². The Hall–Kier alpha value is -2.86. The molecule has 0 unspecified atom stereocenters. The second-order valence-corrected chi connectivity index (χ2v) is 6.25. The second-order valence-electron chi connectivity index (χ2n) is 5.37. The van der Waals surface area contributed by atoms with Gasteiger partial charge in [0.05, 0.1) is 11.7 Å². The molecule has 1 aromatic heterocycles. The van der Waals surface area contributed by atoms with E-state index in [4.69, 9.17) is 0 Å². The highest BCUT2D eigenvalue weighted by Crippen LogP contribution is 2.14. The number of hydrogen-bond donors (Lipinski definition) is 0. The van der Waals surface area contributed by atoms with Gasteiger partial charge in [-0.15, -0.1) is 16.9 Å². The van der Waals surface area contributed by atoms with Gasteiger partial charge in [0.15, 0.2) is 5.43 Å². The number of para-hydroxylation sites is 1. The SMILES string of the molecule is CSc1ccc(C=NN(C(C)=O)n2ccc(=O)c3ccccc32)cc1. The molecule has 5 nitrogen and oxygen atoms in total. The summed E-state index contributed by atoms with van der Waals surface area (Å²) in [4.78, 5) is 25.3. The van der Waals surface area contributed by atoms with Gasteiger partial charge < -0.3 is 0 Å². The van der Waals surface area contributed by atoms with Gasteiger partial charge in [0.1, 0.15) is 0 Å². The second kappa shape index (κ2) is 7.36. The van der Waals surface area contributed by atoms with E-state index in [0.29, 0.717) is 10.9 Å². The van der Waals surface area contributed by atoms with Crippen LogP contribution in [-0.4, -0.2) is 23.1 Å². The van der Waals surface area contributed by atoms with Crippen LogP contribution in [0.15, 0.2) is 75.6 Å². The zero-order valence-electron chi connectivity index (χ0n) is 13.9. The maximum Gasteiger partial charge on any atom is 0.259 e. The fraction of sp³-hybridized carbons (Fsp3) is 0.105. The minimum Gasteiger partial charge on any atom is -0.289 e. The Morgan fingerprint density at radius 2 is 1.84 bits per heavy atom. The normalized spacial score (nSPS) is 11.1. The Kier molecular flexibility index (Phi) is 5.00. The van der Waals surface area contributed by atoms with Crippen molar-refractivity contribution in [2.24, 2.45) is 5.10 Å². The number of pyridine rings is 1. The van der Waals surface area contributed by atoms with Crippen LogP contribution in [0.2, 0.25) is 0 Å². The lowest BCUT2D eigenvalue weighted by molar-refractivity contribution is -0.118. The van der Waals surface area contributed by atoms with Gasteiger partial charge in [-0.25, -0.2) is 4.68 Å². The molecule has 0 spiro atoms. The van der Waals surface area contributed by atoms with E-state index in [1.165, 1.54) is 18.1 Å². The van der Waals surface area contributed by atoms with Crippen molar-refractivity contribution in [3.8, 4) is 0 Å². The van der Waals surface area contributed by atoms with Crippen LogP contribution in [0.25, 0.3) is 10.9 Å². The molecule has 0 aliphatic rings. The highest BCUT2D eigenvalue weighted by atomic mass is 32.2. The predicted octanol–water partition coefficient (Wildman–Crippen LogP) is 3.24. The first-order valence-corrected chi connectivity index (χ1v) is 8.92. The smallest absolute Gasteiger partial charge is 0.259 e. The van der Waals surface area contributed by atoms with Crippen LogP contribution in [-0.2, 0) is 4.79 Å². The van der Waals surface area contributed by atoms with Crippen molar-refractivity contribution in [2.75, 3.05) is 11.4 Å². The van der Waals surface area contributed by atoms with E-state index in [1.54, 1.807) is 47.0 Å². The lowest BCUT2D eigenvalue weighted by Crippen LogP contribution is -2.34. The Morgan fingerprint density at radius 1 is 1.12 bits per heavy atom. The monoisotopic (exact) mass is 351 g/mol. The van der Waals surface area contributed by atoms with Crippen molar-refractivity contribution in [2.45, 2.75) is 11.8 Å². The molecule has 2 aromatic carbocycles. The van der Waals surface area contributed by atoms with Crippen molar-refractivity contribution in [3.05, 3.63) is 76.6 Å². The average molecular weight is 351 g/mol. The van der Waals surface area contributed by atoms with Gasteiger partial charge in [0, 0.05) is 29.5 Å². The lowest BCUT2D eigenvalue weighted by atomic mass is 10.2. The van der Waals surface area contributed by atoms with Crippen LogP contribution in [0, 0.1) is 0 Å². The van der Waals surface area contributed by atoms with E-state index in [0.717, 1.165) is 10.5 Å². The molecule has 0 aliphatic carbocycles. The zero-order valence-corrected chi connectivity index (χ0v) is 14.7. The minimum atomic E-state index is -0.259. The van der Waals surface area contributed by atoms with Gasteiger partial charge in [-0.3, -0.25) is 9.59 Å². The number of carbonyl (C=O) groups excluding carboxylic acids is 1. The van der Waals surface area contributed by atoms with E-state index in [2.05, 4.69) is 5.10 Å². The fourth-order valence-electron chi connectivity index (χ4n) is 2.46. The first-order valence-electron chi connectivity index (χ1n) is 7.69. The van der Waals surface area contributed by atoms with E-state index in [1.807, 2.05) is 36.6 Å². The maximum atomic E-state index is 12.1. The molecular formula is C19H17N3O2S. The van der Waals surface area contributed by atoms with Crippen molar-refractivity contribution in [1.29, 1.82) is 0 Å². The standard InChI is InChI=1S/C19H17N3O2S/c1-14(23)22(20-13-15-7-9-16(25-2)10-8-15)21-12-11-19(24)17-5-3-4-6-18(17)21/h3-13H,1-2H3. The first-order chi connectivity index (χ1) is 12.1. The predicted molar refractivity (Wildman–Crippen MR) is 103 cm³/mol. The largest absolute Gasteiger partial charge is 0.289 e. The van der Waals surface area contributed by atoms with Crippen LogP contribution in [0.4, 0.5) is 0 Å². The highest BCUT2D eigenvalue weighted by molar-refractivity contribution is 7.98. The molecular weight excluding hydrogens is 334 g/mol. The van der Waals surface area contributed by atoms with E-state index >= 15 is 0 Å². The average Bonchev–Trinajstić information content (AvgIpc) is 2.64. The number of rotatable bonds is 4. The minimum absolute atomic E-state index is 0.0908. The van der Waals surface area contributed by atoms with Gasteiger partial charge in [-0.1, -0.05) is 24.3 Å². The number of hydrogen-bond acceptors (Lipinski definition) is 4. The van der Waals surface area contributed by atoms with Gasteiger partial charge in [-0.05, 0) is 36.1 Å². The van der Waals surface area contributed by atoms with Gasteiger partial charge in [0.25, 0.3) is 5.91 Å². The number of benzene rings is 2. The van der Waals surface area contributed by atoms with Crippen molar-refractivity contribution in [1.82, 2.24) is 4.68 Å². The van der Waals surface area contributed by atoms with E-state index in [9.17, 15) is 9.59 Å². The Bertz CT molecular complexity index is 993. The summed E-state index contributed by atoms with van der Waals surface area (Å²) in [7, 11) is 0. The molecule has 0 aliphatic heterocycles. The molecule has 0 saturated heterocycles. The molecule has 0 fully saturated rings. The third kappa shape index (κ3) is 3.64. The molecule has 1 heterocycles. The van der Waals surface area contributed by atoms with Crippen LogP contribution < -0.4 is 10.5 Å². The van der Waals surface area contributed by atoms with Gasteiger partial charge >= 0.3 is 0 Å². The van der Waals surface area contributed by atoms with Crippen molar-refractivity contribution < 1.29 is 4.79 Å². The number of hydrazone groups is 1. The topological polar surface area (TPSA) is 54.7 Å². The molecule has 1 amide bonds. The zero-order chi connectivity index (χ0) is 17.8. The Morgan fingerprint density at radius 3 is 2.52 bits per heavy atom. The van der Waals surface area contributed by atoms with Crippen LogP contribution >= 0.6 is 11.8 Å². The van der Waals surface area contributed by atoms with Gasteiger partial charge in [0.2, 0.25) is 0 Å². The van der Waals surface area contributed by atoms with E-state index < -0.39 is 0 Å². The lowest BCUT2D eigenvalue weighted by Gasteiger charge is -2.20. The molecule has 0 saturated carbocycles. The number of amides is 1. The number of fused-ring (bicyclic) bond motifs is 1. The number of aromatic nitrogens is 1. The molecule has 0 radical (unpaired) electrons. The summed E-state index contributed by atoms with van der Waals surface area (Å²) in [6, 6.07) is 16.4. The molecule has 0 atom stereocenters. The summed E-state index contributed by atoms with van der Waals surface area (Å²) >= 11 is 1.66. The number of thioether (sulfide) groups is 1.